The minimum atomic E-state index is -3.16. The average molecular weight is 436 g/mol. The Hall–Kier alpha value is -3.46. The molecule has 9 heteroatoms. The SMILES string of the molecule is CS(=O)(=O)C1CCN(C(=O)c2cccc3cc(Nc4n[nH]c5cccnc45)ccc23)C1. The molecule has 1 amide bonds. The van der Waals surface area contributed by atoms with Crippen LogP contribution in [0.1, 0.15) is 16.8 Å². The van der Waals surface area contributed by atoms with Gasteiger partial charge in [-0.25, -0.2) is 8.42 Å². The summed E-state index contributed by atoms with van der Waals surface area (Å²) in [6, 6.07) is 15.1. The third kappa shape index (κ3) is 3.61. The van der Waals surface area contributed by atoms with Crippen LogP contribution < -0.4 is 5.32 Å². The van der Waals surface area contributed by atoms with Crippen LogP contribution in [0.2, 0.25) is 0 Å². The number of carbonyl (C=O) groups is 1. The van der Waals surface area contributed by atoms with Crippen LogP contribution in [0.4, 0.5) is 11.5 Å². The third-order valence-electron chi connectivity index (χ3n) is 5.73. The van der Waals surface area contributed by atoms with Crippen LogP contribution in [0.3, 0.4) is 0 Å². The van der Waals surface area contributed by atoms with Gasteiger partial charge in [0.2, 0.25) is 0 Å². The van der Waals surface area contributed by atoms with Crippen molar-refractivity contribution in [3.8, 4) is 0 Å². The molecule has 0 saturated carbocycles. The Kier molecular flexibility index (Phi) is 4.62. The number of likely N-dealkylation sites (tertiary alicyclic amines) is 1. The highest BCUT2D eigenvalue weighted by atomic mass is 32.2. The van der Waals surface area contributed by atoms with Crippen LogP contribution >= 0.6 is 0 Å². The van der Waals surface area contributed by atoms with Crippen LogP contribution in [0, 0.1) is 0 Å². The molecule has 4 aromatic rings. The third-order valence-corrected chi connectivity index (χ3v) is 7.33. The van der Waals surface area contributed by atoms with E-state index in [0.29, 0.717) is 24.3 Å². The molecule has 1 aliphatic rings. The van der Waals surface area contributed by atoms with E-state index in [4.69, 9.17) is 0 Å². The van der Waals surface area contributed by atoms with Crippen molar-refractivity contribution in [2.45, 2.75) is 11.7 Å². The number of hydrogen-bond donors (Lipinski definition) is 2. The summed E-state index contributed by atoms with van der Waals surface area (Å²) in [6.07, 6.45) is 3.43. The van der Waals surface area contributed by atoms with Crippen LogP contribution in [0.15, 0.2) is 54.7 Å². The Bertz CT molecular complexity index is 1410. The van der Waals surface area contributed by atoms with E-state index >= 15 is 0 Å². The molecule has 8 nitrogen and oxygen atoms in total. The van der Waals surface area contributed by atoms with E-state index in [9.17, 15) is 13.2 Å². The molecule has 0 spiro atoms. The molecule has 0 aliphatic carbocycles. The van der Waals surface area contributed by atoms with Crippen molar-refractivity contribution in [2.75, 3.05) is 24.7 Å². The van der Waals surface area contributed by atoms with Gasteiger partial charge in [-0.05, 0) is 47.5 Å². The lowest BCUT2D eigenvalue weighted by molar-refractivity contribution is 0.0795. The number of carbonyl (C=O) groups excluding carboxylic acids is 1. The van der Waals surface area contributed by atoms with Crippen LogP contribution in [0.25, 0.3) is 21.8 Å². The number of anilines is 2. The van der Waals surface area contributed by atoms with Crippen molar-refractivity contribution < 1.29 is 13.2 Å². The van der Waals surface area contributed by atoms with Crippen LogP contribution in [-0.2, 0) is 9.84 Å². The number of hydrogen-bond acceptors (Lipinski definition) is 6. The summed E-state index contributed by atoms with van der Waals surface area (Å²) < 4.78 is 23.7. The molecular formula is C22H21N5O3S. The Balaban J connectivity index is 1.43. The Labute approximate surface area is 179 Å². The van der Waals surface area contributed by atoms with E-state index in [2.05, 4.69) is 20.5 Å². The zero-order valence-electron chi connectivity index (χ0n) is 16.9. The zero-order chi connectivity index (χ0) is 21.6. The second-order valence-corrected chi connectivity index (χ2v) is 10.2. The second-order valence-electron chi connectivity index (χ2n) is 7.83. The van der Waals surface area contributed by atoms with E-state index in [1.54, 1.807) is 17.2 Å². The van der Waals surface area contributed by atoms with Crippen molar-refractivity contribution in [2.24, 2.45) is 0 Å². The summed E-state index contributed by atoms with van der Waals surface area (Å²) in [5, 5.41) is 11.8. The number of aromatic nitrogens is 3. The highest BCUT2D eigenvalue weighted by Crippen LogP contribution is 2.28. The summed E-state index contributed by atoms with van der Waals surface area (Å²) in [5.41, 5.74) is 3.00. The number of aromatic amines is 1. The van der Waals surface area contributed by atoms with Crippen molar-refractivity contribution in [1.29, 1.82) is 0 Å². The van der Waals surface area contributed by atoms with Gasteiger partial charge in [-0.1, -0.05) is 18.2 Å². The first-order chi connectivity index (χ1) is 14.9. The molecule has 0 bridgehead atoms. The van der Waals surface area contributed by atoms with Gasteiger partial charge in [-0.3, -0.25) is 14.9 Å². The van der Waals surface area contributed by atoms with Crippen molar-refractivity contribution in [1.82, 2.24) is 20.1 Å². The topological polar surface area (TPSA) is 108 Å². The smallest absolute Gasteiger partial charge is 0.254 e. The van der Waals surface area contributed by atoms with Crippen molar-refractivity contribution in [3.05, 3.63) is 60.3 Å². The van der Waals surface area contributed by atoms with Gasteiger partial charge in [0.05, 0.1) is 10.8 Å². The Morgan fingerprint density at radius 2 is 2.06 bits per heavy atom. The number of H-pyrrole nitrogens is 1. The fraction of sp³-hybridized carbons (Fsp3) is 0.227. The van der Waals surface area contributed by atoms with Gasteiger partial charge in [-0.15, -0.1) is 0 Å². The number of amides is 1. The number of benzene rings is 2. The van der Waals surface area contributed by atoms with Crippen LogP contribution in [0.5, 0.6) is 0 Å². The summed E-state index contributed by atoms with van der Waals surface area (Å²) in [6.45, 7) is 0.693. The normalized spacial score (nSPS) is 16.8. The molecular weight excluding hydrogens is 414 g/mol. The van der Waals surface area contributed by atoms with E-state index < -0.39 is 15.1 Å². The van der Waals surface area contributed by atoms with Gasteiger partial charge in [0, 0.05) is 36.8 Å². The molecule has 1 unspecified atom stereocenters. The molecule has 0 radical (unpaired) electrons. The average Bonchev–Trinajstić information content (AvgIpc) is 3.41. The lowest BCUT2D eigenvalue weighted by atomic mass is 10.0. The molecule has 2 N–H and O–H groups in total. The Morgan fingerprint density at radius 1 is 1.19 bits per heavy atom. The van der Waals surface area contributed by atoms with Crippen molar-refractivity contribution in [3.63, 3.8) is 0 Å². The first-order valence-corrected chi connectivity index (χ1v) is 11.9. The first kappa shape index (κ1) is 19.5. The fourth-order valence-corrected chi connectivity index (χ4v) is 5.04. The maximum atomic E-state index is 13.1. The number of sulfone groups is 1. The van der Waals surface area contributed by atoms with Crippen molar-refractivity contribution >= 4 is 49.1 Å². The molecule has 1 fully saturated rings. The highest BCUT2D eigenvalue weighted by Gasteiger charge is 2.33. The lowest BCUT2D eigenvalue weighted by Crippen LogP contribution is -2.31. The zero-order valence-corrected chi connectivity index (χ0v) is 17.7. The number of fused-ring (bicyclic) bond motifs is 2. The number of rotatable bonds is 4. The van der Waals surface area contributed by atoms with E-state index in [-0.39, 0.29) is 12.5 Å². The minimum absolute atomic E-state index is 0.139. The Morgan fingerprint density at radius 3 is 2.87 bits per heavy atom. The largest absolute Gasteiger partial charge is 0.337 e. The van der Waals surface area contributed by atoms with Crippen LogP contribution in [-0.4, -0.2) is 59.0 Å². The molecule has 158 valence electrons. The van der Waals surface area contributed by atoms with Gasteiger partial charge in [0.25, 0.3) is 5.91 Å². The maximum absolute atomic E-state index is 13.1. The van der Waals surface area contributed by atoms with Gasteiger partial charge in [0.15, 0.2) is 15.7 Å². The van der Waals surface area contributed by atoms with E-state index in [0.717, 1.165) is 27.5 Å². The molecule has 3 heterocycles. The summed E-state index contributed by atoms with van der Waals surface area (Å²) >= 11 is 0. The molecule has 31 heavy (non-hydrogen) atoms. The number of nitrogens with one attached hydrogen (secondary N) is 2. The predicted molar refractivity (Wildman–Crippen MR) is 120 cm³/mol. The second kappa shape index (κ2) is 7.35. The van der Waals surface area contributed by atoms with Gasteiger partial charge in [0.1, 0.15) is 5.52 Å². The summed E-state index contributed by atoms with van der Waals surface area (Å²) in [4.78, 5) is 19.1. The standard InChI is InChI=1S/C22H21N5O3S/c1-31(29,30)16-9-11-27(13-16)22(28)18-5-2-4-14-12-15(7-8-17(14)18)24-21-20-19(25-26-21)6-3-10-23-20/h2-8,10,12,16H,9,11,13H2,1H3,(H2,24,25,26). The highest BCUT2D eigenvalue weighted by molar-refractivity contribution is 7.91. The quantitative estimate of drug-likeness (QED) is 0.510. The van der Waals surface area contributed by atoms with Gasteiger partial charge < -0.3 is 10.2 Å². The van der Waals surface area contributed by atoms with E-state index in [1.807, 2.05) is 42.5 Å². The number of nitrogens with zero attached hydrogens (tertiary/aromatic N) is 3. The monoisotopic (exact) mass is 435 g/mol. The molecule has 5 rings (SSSR count). The fourth-order valence-electron chi connectivity index (χ4n) is 4.06. The van der Waals surface area contributed by atoms with Gasteiger partial charge in [-0.2, -0.15) is 5.10 Å². The summed E-state index contributed by atoms with van der Waals surface area (Å²) in [7, 11) is -3.16. The minimum Gasteiger partial charge on any atom is -0.337 e. The predicted octanol–water partition coefficient (Wildman–Crippen LogP) is 3.11. The first-order valence-electron chi connectivity index (χ1n) is 9.97. The molecule has 1 aliphatic heterocycles. The van der Waals surface area contributed by atoms with Gasteiger partial charge >= 0.3 is 0 Å². The molecule has 2 aromatic carbocycles. The lowest BCUT2D eigenvalue weighted by Gasteiger charge is -2.17. The van der Waals surface area contributed by atoms with E-state index in [1.165, 1.54) is 6.26 Å². The number of pyridine rings is 1. The maximum Gasteiger partial charge on any atom is 0.254 e. The molecule has 1 atom stereocenters. The molecule has 1 saturated heterocycles. The summed E-state index contributed by atoms with van der Waals surface area (Å²) in [5.74, 6) is 0.492. The molecule has 2 aromatic heterocycles.